The normalized spacial score (nSPS) is 10.5. The first-order chi connectivity index (χ1) is 5.13. The predicted octanol–water partition coefficient (Wildman–Crippen LogP) is -2.09. The molecule has 0 atom stereocenters. The maximum absolute atomic E-state index is 10.5. The Labute approximate surface area is 62.4 Å². The fraction of sp³-hybridized carbons (Fsp3) is 0.400. The molecule has 6 nitrogen and oxygen atoms in total. The Hall–Kier alpha value is -1.59. The van der Waals surface area contributed by atoms with Crippen LogP contribution in [0.5, 0.6) is 0 Å². The van der Waals surface area contributed by atoms with E-state index >= 15 is 0 Å². The van der Waals surface area contributed by atoms with Crippen LogP contribution < -0.4 is 5.11 Å². The summed E-state index contributed by atoms with van der Waals surface area (Å²) in [6.45, 7) is 0. The Morgan fingerprint density at radius 1 is 1.36 bits per heavy atom. The fourth-order valence-corrected chi connectivity index (χ4v) is 0.346. The van der Waals surface area contributed by atoms with Crippen LogP contribution in [0.4, 0.5) is 0 Å². The number of esters is 1. The Morgan fingerprint density at radius 3 is 2.18 bits per heavy atom. The monoisotopic (exact) mass is 160 g/mol. The van der Waals surface area contributed by atoms with Crippen molar-refractivity contribution in [3.63, 3.8) is 0 Å². The van der Waals surface area contributed by atoms with Crippen molar-refractivity contribution >= 4 is 17.7 Å². The number of methoxy groups -OCH3 is 1. The van der Waals surface area contributed by atoms with E-state index in [0.717, 1.165) is 14.2 Å². The molecular weight excluding hydrogens is 154 g/mol. The topological polar surface area (TPSA) is 88.0 Å². The SMILES string of the molecule is CO/N=C(\C(=O)[O-])C(=O)OC. The number of ether oxygens (including phenoxy) is 1. The van der Waals surface area contributed by atoms with Gasteiger partial charge >= 0.3 is 5.97 Å². The van der Waals surface area contributed by atoms with Gasteiger partial charge in [0.25, 0.3) is 0 Å². The molecule has 62 valence electrons. The number of oxime groups is 1. The van der Waals surface area contributed by atoms with Crippen molar-refractivity contribution in [2.75, 3.05) is 14.2 Å². The van der Waals surface area contributed by atoms with Crippen molar-refractivity contribution in [2.45, 2.75) is 0 Å². The van der Waals surface area contributed by atoms with Crippen molar-refractivity contribution in [3.05, 3.63) is 0 Å². The van der Waals surface area contributed by atoms with Crippen LogP contribution in [-0.2, 0) is 19.2 Å². The minimum Gasteiger partial charge on any atom is -0.543 e. The molecule has 0 aromatic heterocycles. The third-order valence-electron chi connectivity index (χ3n) is 0.755. The minimum atomic E-state index is -1.74. The van der Waals surface area contributed by atoms with Gasteiger partial charge in [-0.05, 0) is 0 Å². The van der Waals surface area contributed by atoms with Gasteiger partial charge in [-0.25, -0.2) is 4.79 Å². The van der Waals surface area contributed by atoms with E-state index in [0.29, 0.717) is 0 Å². The van der Waals surface area contributed by atoms with Crippen molar-refractivity contribution in [3.8, 4) is 0 Å². The second-order valence-electron chi connectivity index (χ2n) is 1.40. The van der Waals surface area contributed by atoms with Gasteiger partial charge in [0.05, 0.1) is 7.11 Å². The van der Waals surface area contributed by atoms with E-state index in [1.807, 2.05) is 0 Å². The lowest BCUT2D eigenvalue weighted by molar-refractivity contribution is -0.294. The number of carbonyl (C=O) groups is 2. The van der Waals surface area contributed by atoms with Crippen LogP contribution in [0.1, 0.15) is 0 Å². The molecule has 0 saturated heterocycles. The fourth-order valence-electron chi connectivity index (χ4n) is 0.346. The van der Waals surface area contributed by atoms with E-state index in [1.54, 1.807) is 0 Å². The van der Waals surface area contributed by atoms with Gasteiger partial charge in [-0.2, -0.15) is 0 Å². The van der Waals surface area contributed by atoms with Gasteiger partial charge in [-0.3, -0.25) is 0 Å². The highest BCUT2D eigenvalue weighted by Crippen LogP contribution is 1.82. The zero-order valence-electron chi connectivity index (χ0n) is 5.99. The van der Waals surface area contributed by atoms with Crippen molar-refractivity contribution in [2.24, 2.45) is 5.16 Å². The molecule has 0 saturated carbocycles. The second kappa shape index (κ2) is 4.26. The maximum atomic E-state index is 10.5. The molecule has 0 aliphatic carbocycles. The van der Waals surface area contributed by atoms with E-state index in [2.05, 4.69) is 14.7 Å². The van der Waals surface area contributed by atoms with Crippen LogP contribution in [0.25, 0.3) is 0 Å². The van der Waals surface area contributed by atoms with E-state index in [9.17, 15) is 14.7 Å². The summed E-state index contributed by atoms with van der Waals surface area (Å²) in [4.78, 5) is 24.6. The largest absolute Gasteiger partial charge is 0.543 e. The molecule has 0 spiro atoms. The zero-order valence-corrected chi connectivity index (χ0v) is 5.99. The zero-order chi connectivity index (χ0) is 8.85. The molecule has 0 aliphatic rings. The van der Waals surface area contributed by atoms with Crippen molar-refractivity contribution in [1.29, 1.82) is 0 Å². The first-order valence-electron chi connectivity index (χ1n) is 2.54. The van der Waals surface area contributed by atoms with Gasteiger partial charge in [0.2, 0.25) is 5.71 Å². The number of nitrogens with zero attached hydrogens (tertiary/aromatic N) is 1. The van der Waals surface area contributed by atoms with Gasteiger partial charge in [-0.15, -0.1) is 0 Å². The summed E-state index contributed by atoms with van der Waals surface area (Å²) in [5.74, 6) is -2.84. The standard InChI is InChI=1S/C5H7NO5/c1-10-5(9)3(4(7)8)6-11-2/h1-2H3,(H,7,8)/p-1/b6-3+. The number of carboxylic acids is 1. The highest BCUT2D eigenvalue weighted by molar-refractivity contribution is 6.61. The van der Waals surface area contributed by atoms with Crippen LogP contribution in [0.3, 0.4) is 0 Å². The molecule has 0 rings (SSSR count). The molecule has 0 N–H and O–H groups in total. The summed E-state index contributed by atoms with van der Waals surface area (Å²) in [7, 11) is 2.13. The summed E-state index contributed by atoms with van der Waals surface area (Å²) >= 11 is 0. The molecule has 0 heterocycles. The first-order valence-corrected chi connectivity index (χ1v) is 2.54. The average Bonchev–Trinajstić information content (AvgIpc) is 1.98. The molecule has 6 heteroatoms. The summed E-state index contributed by atoms with van der Waals surface area (Å²) < 4.78 is 4.06. The summed E-state index contributed by atoms with van der Waals surface area (Å²) in [5.41, 5.74) is -0.894. The van der Waals surface area contributed by atoms with Gasteiger partial charge < -0.3 is 19.5 Å². The summed E-state index contributed by atoms with van der Waals surface area (Å²) in [6, 6.07) is 0. The summed E-state index contributed by atoms with van der Waals surface area (Å²) in [5, 5.41) is 12.9. The smallest absolute Gasteiger partial charge is 0.362 e. The molecule has 0 fully saturated rings. The van der Waals surface area contributed by atoms with Crippen LogP contribution in [0.15, 0.2) is 5.16 Å². The van der Waals surface area contributed by atoms with Gasteiger partial charge in [-0.1, -0.05) is 5.16 Å². The van der Waals surface area contributed by atoms with Crippen LogP contribution in [0.2, 0.25) is 0 Å². The van der Waals surface area contributed by atoms with Gasteiger partial charge in [0.15, 0.2) is 0 Å². The minimum absolute atomic E-state index is 0.894. The summed E-state index contributed by atoms with van der Waals surface area (Å²) in [6.07, 6.45) is 0. The predicted molar refractivity (Wildman–Crippen MR) is 31.5 cm³/mol. The highest BCUT2D eigenvalue weighted by atomic mass is 16.6. The van der Waals surface area contributed by atoms with E-state index in [1.165, 1.54) is 0 Å². The lowest BCUT2D eigenvalue weighted by Crippen LogP contribution is -2.37. The molecular formula is C5H6NO5-. The van der Waals surface area contributed by atoms with Gasteiger partial charge in [0, 0.05) is 0 Å². The van der Waals surface area contributed by atoms with Crippen molar-refractivity contribution < 1.29 is 24.3 Å². The lowest BCUT2D eigenvalue weighted by atomic mass is 10.4. The van der Waals surface area contributed by atoms with E-state index < -0.39 is 17.7 Å². The Kier molecular flexibility index (Phi) is 3.65. The third kappa shape index (κ3) is 2.65. The molecule has 0 unspecified atom stereocenters. The quantitative estimate of drug-likeness (QED) is 0.204. The molecule has 0 radical (unpaired) electrons. The number of hydrogen-bond donors (Lipinski definition) is 0. The molecule has 0 amide bonds. The van der Waals surface area contributed by atoms with Crippen LogP contribution >= 0.6 is 0 Å². The third-order valence-corrected chi connectivity index (χ3v) is 0.755. The van der Waals surface area contributed by atoms with Gasteiger partial charge in [0.1, 0.15) is 13.1 Å². The molecule has 0 bridgehead atoms. The molecule has 0 aromatic rings. The average molecular weight is 160 g/mol. The number of hydrogen-bond acceptors (Lipinski definition) is 6. The Balaban J connectivity index is 4.48. The van der Waals surface area contributed by atoms with E-state index in [4.69, 9.17) is 0 Å². The number of rotatable bonds is 3. The van der Waals surface area contributed by atoms with E-state index in [-0.39, 0.29) is 0 Å². The molecule has 0 aliphatic heterocycles. The Bertz CT molecular complexity index is 197. The highest BCUT2D eigenvalue weighted by Gasteiger charge is 2.13. The molecule has 11 heavy (non-hydrogen) atoms. The van der Waals surface area contributed by atoms with Crippen molar-refractivity contribution in [1.82, 2.24) is 0 Å². The first kappa shape index (κ1) is 9.41. The Morgan fingerprint density at radius 2 is 1.91 bits per heavy atom. The number of carboxylic acid groups (broad SMARTS) is 1. The second-order valence-corrected chi connectivity index (χ2v) is 1.40. The van der Waals surface area contributed by atoms with Crippen LogP contribution in [-0.4, -0.2) is 31.9 Å². The lowest BCUT2D eigenvalue weighted by Gasteiger charge is -2.02. The number of carbonyl (C=O) groups excluding carboxylic acids is 2. The maximum Gasteiger partial charge on any atom is 0.362 e. The molecule has 0 aromatic carbocycles. The number of aliphatic carboxylic acids is 1. The van der Waals surface area contributed by atoms with Crippen LogP contribution in [0, 0.1) is 0 Å².